The minimum absolute atomic E-state index is 0.00542. The summed E-state index contributed by atoms with van der Waals surface area (Å²) in [5, 5.41) is 23.9. The lowest BCUT2D eigenvalue weighted by atomic mass is 10.0. The fourth-order valence-electron chi connectivity index (χ4n) is 2.94. The standard InChI is InChI=1S/C19H24ClF3N6O/c1-10(2)17(26)30-18(27)14(24)8-15-16(25)28-5-6-29(15)9-11-7-12(20)3-4-13(11)19(21,22)23/h3-4,7,10,15,24,26-27H,5-6,8-9H2,1-2H3,(H2,25,28). The molecule has 164 valence electrons. The molecule has 7 nitrogen and oxygen atoms in total. The van der Waals surface area contributed by atoms with E-state index in [0.717, 1.165) is 6.07 Å². The van der Waals surface area contributed by atoms with Crippen LogP contribution in [0.5, 0.6) is 0 Å². The number of alkyl halides is 3. The zero-order chi connectivity index (χ0) is 22.6. The van der Waals surface area contributed by atoms with Crippen LogP contribution in [0.4, 0.5) is 13.2 Å². The summed E-state index contributed by atoms with van der Waals surface area (Å²) in [4.78, 5) is 5.83. The Bertz CT molecular complexity index is 868. The van der Waals surface area contributed by atoms with E-state index in [1.165, 1.54) is 12.1 Å². The molecule has 11 heteroatoms. The Morgan fingerprint density at radius 2 is 2.00 bits per heavy atom. The van der Waals surface area contributed by atoms with Crippen molar-refractivity contribution >= 4 is 34.9 Å². The summed E-state index contributed by atoms with van der Waals surface area (Å²) in [7, 11) is 0. The average Bonchev–Trinajstić information content (AvgIpc) is 2.63. The molecule has 2 rings (SSSR count). The van der Waals surface area contributed by atoms with Crippen molar-refractivity contribution in [2.45, 2.75) is 39.0 Å². The van der Waals surface area contributed by atoms with E-state index in [1.54, 1.807) is 18.7 Å². The molecule has 30 heavy (non-hydrogen) atoms. The number of benzene rings is 1. The topological polar surface area (TPSA) is 122 Å². The second-order valence-electron chi connectivity index (χ2n) is 7.22. The van der Waals surface area contributed by atoms with Crippen LogP contribution in [-0.4, -0.2) is 47.4 Å². The Hall–Kier alpha value is -2.46. The molecule has 1 aromatic rings. The Morgan fingerprint density at radius 3 is 2.60 bits per heavy atom. The monoisotopic (exact) mass is 444 g/mol. The van der Waals surface area contributed by atoms with Crippen LogP contribution in [-0.2, 0) is 17.5 Å². The number of aliphatic imine (C=N–C) groups is 1. The van der Waals surface area contributed by atoms with Crippen molar-refractivity contribution in [3.05, 3.63) is 34.3 Å². The van der Waals surface area contributed by atoms with Crippen LogP contribution in [0.1, 0.15) is 31.4 Å². The lowest BCUT2D eigenvalue weighted by Crippen LogP contribution is -2.50. The van der Waals surface area contributed by atoms with E-state index in [4.69, 9.17) is 38.3 Å². The summed E-state index contributed by atoms with van der Waals surface area (Å²) < 4.78 is 45.3. The van der Waals surface area contributed by atoms with Gasteiger partial charge in [0, 0.05) is 30.5 Å². The van der Waals surface area contributed by atoms with Crippen LogP contribution < -0.4 is 5.73 Å². The molecule has 0 saturated carbocycles. The molecule has 5 N–H and O–H groups in total. The van der Waals surface area contributed by atoms with Gasteiger partial charge in [-0.1, -0.05) is 25.4 Å². The predicted octanol–water partition coefficient (Wildman–Crippen LogP) is 3.94. The highest BCUT2D eigenvalue weighted by Gasteiger charge is 2.35. The van der Waals surface area contributed by atoms with Crippen molar-refractivity contribution in [2.24, 2.45) is 16.6 Å². The van der Waals surface area contributed by atoms with Gasteiger partial charge in [0.15, 0.2) is 5.90 Å². The van der Waals surface area contributed by atoms with E-state index in [9.17, 15) is 13.2 Å². The SMILES string of the molecule is CC(C)C(=N)OC(=N)C(=N)CC1C(N)=NCCN1Cc1cc(Cl)ccc1C(F)(F)F. The molecule has 1 heterocycles. The molecule has 0 amide bonds. The normalized spacial score (nSPS) is 17.6. The molecule has 0 aliphatic carbocycles. The van der Waals surface area contributed by atoms with Gasteiger partial charge in [-0.3, -0.25) is 26.1 Å². The van der Waals surface area contributed by atoms with Crippen LogP contribution in [0.25, 0.3) is 0 Å². The fourth-order valence-corrected chi connectivity index (χ4v) is 3.14. The second kappa shape index (κ2) is 9.57. The maximum absolute atomic E-state index is 13.4. The third-order valence-electron chi connectivity index (χ3n) is 4.62. The fraction of sp³-hybridized carbons (Fsp3) is 0.474. The first-order valence-electron chi connectivity index (χ1n) is 9.22. The third kappa shape index (κ3) is 6.02. The van der Waals surface area contributed by atoms with E-state index in [1.807, 2.05) is 0 Å². The van der Waals surface area contributed by atoms with Crippen molar-refractivity contribution < 1.29 is 17.9 Å². The van der Waals surface area contributed by atoms with Gasteiger partial charge in [0.05, 0.1) is 23.9 Å². The number of nitrogens with two attached hydrogens (primary N) is 1. The zero-order valence-electron chi connectivity index (χ0n) is 16.6. The molecule has 0 saturated heterocycles. The number of hydrogen-bond acceptors (Lipinski definition) is 7. The summed E-state index contributed by atoms with van der Waals surface area (Å²) in [6.07, 6.45) is -4.62. The first-order valence-corrected chi connectivity index (χ1v) is 9.60. The van der Waals surface area contributed by atoms with Crippen molar-refractivity contribution in [3.63, 3.8) is 0 Å². The number of amidine groups is 1. The number of nitrogens with one attached hydrogen (secondary N) is 3. The van der Waals surface area contributed by atoms with Gasteiger partial charge < -0.3 is 10.5 Å². The first-order chi connectivity index (χ1) is 13.9. The average molecular weight is 445 g/mol. The lowest BCUT2D eigenvalue weighted by molar-refractivity contribution is -0.138. The molecule has 1 aliphatic heterocycles. The van der Waals surface area contributed by atoms with Gasteiger partial charge in [-0.2, -0.15) is 13.2 Å². The molecule has 1 atom stereocenters. The summed E-state index contributed by atoms with van der Waals surface area (Å²) in [5.41, 5.74) is 4.97. The highest BCUT2D eigenvalue weighted by molar-refractivity contribution is 6.38. The number of hydrogen-bond donors (Lipinski definition) is 4. The molecule has 0 radical (unpaired) electrons. The summed E-state index contributed by atoms with van der Waals surface area (Å²) in [6, 6.07) is 2.72. The summed E-state index contributed by atoms with van der Waals surface area (Å²) in [6.45, 7) is 3.98. The largest absolute Gasteiger partial charge is 0.424 e. The molecule has 0 fully saturated rings. The molecular weight excluding hydrogens is 421 g/mol. The maximum atomic E-state index is 13.4. The summed E-state index contributed by atoms with van der Waals surface area (Å²) >= 11 is 5.92. The number of nitrogens with zero attached hydrogens (tertiary/aromatic N) is 2. The summed E-state index contributed by atoms with van der Waals surface area (Å²) in [5.74, 6) is -0.723. The van der Waals surface area contributed by atoms with Gasteiger partial charge in [-0.15, -0.1) is 0 Å². The van der Waals surface area contributed by atoms with Crippen molar-refractivity contribution in [1.82, 2.24) is 4.90 Å². The molecule has 0 aromatic heterocycles. The number of ether oxygens (including phenoxy) is 1. The van der Waals surface area contributed by atoms with Crippen molar-refractivity contribution in [1.29, 1.82) is 16.2 Å². The predicted molar refractivity (Wildman–Crippen MR) is 111 cm³/mol. The number of halogens is 4. The van der Waals surface area contributed by atoms with Crippen molar-refractivity contribution in [2.75, 3.05) is 13.1 Å². The van der Waals surface area contributed by atoms with Gasteiger partial charge in [0.25, 0.3) is 0 Å². The van der Waals surface area contributed by atoms with Crippen LogP contribution in [0.15, 0.2) is 23.2 Å². The lowest BCUT2D eigenvalue weighted by Gasteiger charge is -2.34. The van der Waals surface area contributed by atoms with Gasteiger partial charge in [-0.05, 0) is 23.8 Å². The zero-order valence-corrected chi connectivity index (χ0v) is 17.4. The highest BCUT2D eigenvalue weighted by atomic mass is 35.5. The molecular formula is C19H24ClF3N6O. The van der Waals surface area contributed by atoms with Crippen LogP contribution in [0, 0.1) is 22.1 Å². The van der Waals surface area contributed by atoms with E-state index < -0.39 is 23.7 Å². The Kier molecular flexibility index (Phi) is 7.59. The van der Waals surface area contributed by atoms with Crippen LogP contribution >= 0.6 is 11.6 Å². The molecule has 1 aliphatic rings. The van der Waals surface area contributed by atoms with Crippen LogP contribution in [0.3, 0.4) is 0 Å². The molecule has 1 aromatic carbocycles. The maximum Gasteiger partial charge on any atom is 0.416 e. The Labute approximate surface area is 177 Å². The van der Waals surface area contributed by atoms with E-state index >= 15 is 0 Å². The van der Waals surface area contributed by atoms with Crippen molar-refractivity contribution in [3.8, 4) is 0 Å². The van der Waals surface area contributed by atoms with E-state index in [-0.39, 0.29) is 46.9 Å². The highest BCUT2D eigenvalue weighted by Crippen LogP contribution is 2.34. The molecule has 1 unspecified atom stereocenters. The Balaban J connectivity index is 2.22. The first kappa shape index (κ1) is 23.8. The minimum atomic E-state index is -4.54. The Morgan fingerprint density at radius 1 is 1.33 bits per heavy atom. The van der Waals surface area contributed by atoms with Gasteiger partial charge in [-0.25, -0.2) is 0 Å². The quantitative estimate of drug-likeness (QED) is 0.392. The number of rotatable bonds is 6. The van der Waals surface area contributed by atoms with Gasteiger partial charge in [0.1, 0.15) is 5.84 Å². The second-order valence-corrected chi connectivity index (χ2v) is 7.66. The van der Waals surface area contributed by atoms with E-state index in [2.05, 4.69) is 4.99 Å². The van der Waals surface area contributed by atoms with Gasteiger partial charge >= 0.3 is 6.18 Å². The third-order valence-corrected chi connectivity index (χ3v) is 4.85. The molecule has 0 bridgehead atoms. The smallest absolute Gasteiger partial charge is 0.416 e. The van der Waals surface area contributed by atoms with Gasteiger partial charge in [0.2, 0.25) is 5.90 Å². The minimum Gasteiger partial charge on any atom is -0.424 e. The van der Waals surface area contributed by atoms with E-state index in [0.29, 0.717) is 13.1 Å². The van der Waals surface area contributed by atoms with Crippen LogP contribution in [0.2, 0.25) is 5.02 Å². The molecule has 0 spiro atoms.